The summed E-state index contributed by atoms with van der Waals surface area (Å²) >= 11 is 3.62. The Kier molecular flexibility index (Phi) is 9.80. The molecule has 0 saturated carbocycles. The highest BCUT2D eigenvalue weighted by molar-refractivity contribution is 9.10. The molecule has 0 atom stereocenters. The van der Waals surface area contributed by atoms with Crippen molar-refractivity contribution in [3.63, 3.8) is 0 Å². The molecule has 0 aliphatic heterocycles. The highest BCUT2D eigenvalue weighted by atomic mass is 79.9. The Morgan fingerprint density at radius 2 is 1.80 bits per heavy atom. The summed E-state index contributed by atoms with van der Waals surface area (Å²) < 4.78 is 35.4. The van der Waals surface area contributed by atoms with Crippen molar-refractivity contribution in [2.75, 3.05) is 23.9 Å². The molecule has 40 heavy (non-hydrogen) atoms. The molecule has 3 aromatic carbocycles. The van der Waals surface area contributed by atoms with Gasteiger partial charge in [0, 0.05) is 29.4 Å². The van der Waals surface area contributed by atoms with Gasteiger partial charge in [-0.3, -0.25) is 0 Å². The van der Waals surface area contributed by atoms with E-state index in [1.54, 1.807) is 0 Å². The number of aromatic nitrogens is 2. The lowest BCUT2D eigenvalue weighted by molar-refractivity contribution is 0.304. The number of hydrogen-bond donors (Lipinski definition) is 2. The van der Waals surface area contributed by atoms with Gasteiger partial charge in [0.1, 0.15) is 45.9 Å². The topological polar surface area (TPSA) is 106 Å². The maximum absolute atomic E-state index is 11.3. The monoisotopic (exact) mass is 642 g/mol. The Labute approximate surface area is 247 Å². The van der Waals surface area contributed by atoms with Crippen LogP contribution < -0.4 is 15.4 Å². The molecular formula is C29H28BrClN4O4S. The third-order valence-electron chi connectivity index (χ3n) is 5.96. The lowest BCUT2D eigenvalue weighted by Crippen LogP contribution is -2.21. The minimum absolute atomic E-state index is 0. The molecule has 2 heterocycles. The van der Waals surface area contributed by atoms with Crippen molar-refractivity contribution in [3.8, 4) is 17.1 Å². The van der Waals surface area contributed by atoms with E-state index in [4.69, 9.17) is 9.15 Å². The lowest BCUT2D eigenvalue weighted by atomic mass is 10.1. The van der Waals surface area contributed by atoms with E-state index in [0.29, 0.717) is 31.3 Å². The highest BCUT2D eigenvalue weighted by Gasteiger charge is 2.11. The number of benzene rings is 3. The standard InChI is InChI=1S/C29H27BrN4O4S.ClH/c1-39(35,36)14-13-31-17-23-9-12-27(38-23)21-7-10-26-24(15-21)29(33-19-32-26)34-22-8-11-28(25(30)16-22)37-18-20-5-3-2-4-6-20;/h2-12,15-16,19,31H,13-14,17-18H2,1H3,(H,32,33,34);1H. The van der Waals surface area contributed by atoms with E-state index in [0.717, 1.165) is 43.7 Å². The van der Waals surface area contributed by atoms with Crippen LogP contribution in [0, 0.1) is 0 Å². The number of nitrogens with one attached hydrogen (secondary N) is 2. The van der Waals surface area contributed by atoms with E-state index in [2.05, 4.69) is 36.5 Å². The van der Waals surface area contributed by atoms with Gasteiger partial charge in [0.2, 0.25) is 0 Å². The molecule has 0 fully saturated rings. The molecule has 0 radical (unpaired) electrons. The number of fused-ring (bicyclic) bond motifs is 1. The van der Waals surface area contributed by atoms with Crippen LogP contribution in [0.1, 0.15) is 11.3 Å². The number of ether oxygens (including phenoxy) is 1. The highest BCUT2D eigenvalue weighted by Crippen LogP contribution is 2.33. The van der Waals surface area contributed by atoms with Crippen molar-refractivity contribution in [3.05, 3.63) is 101 Å². The second-order valence-electron chi connectivity index (χ2n) is 9.07. The first kappa shape index (κ1) is 29.5. The molecule has 5 rings (SSSR count). The maximum Gasteiger partial charge on any atom is 0.148 e. The van der Waals surface area contributed by atoms with E-state index < -0.39 is 9.84 Å². The smallest absolute Gasteiger partial charge is 0.148 e. The zero-order chi connectivity index (χ0) is 27.2. The molecule has 0 spiro atoms. The van der Waals surface area contributed by atoms with Gasteiger partial charge in [-0.25, -0.2) is 18.4 Å². The number of hydrogen-bond acceptors (Lipinski definition) is 8. The number of rotatable bonds is 11. The summed E-state index contributed by atoms with van der Waals surface area (Å²) in [6.07, 6.45) is 2.76. The van der Waals surface area contributed by atoms with Crippen LogP contribution in [0.2, 0.25) is 0 Å². The summed E-state index contributed by atoms with van der Waals surface area (Å²) in [5.74, 6) is 2.93. The summed E-state index contributed by atoms with van der Waals surface area (Å²) in [4.78, 5) is 8.89. The van der Waals surface area contributed by atoms with Gasteiger partial charge in [-0.15, -0.1) is 12.4 Å². The van der Waals surface area contributed by atoms with Gasteiger partial charge in [0.05, 0.1) is 22.3 Å². The summed E-state index contributed by atoms with van der Waals surface area (Å²) in [7, 11) is -3.00. The van der Waals surface area contributed by atoms with E-state index in [9.17, 15) is 8.42 Å². The molecule has 8 nitrogen and oxygen atoms in total. The molecule has 5 aromatic rings. The fraction of sp³-hybridized carbons (Fsp3) is 0.172. The van der Waals surface area contributed by atoms with Crippen LogP contribution in [0.4, 0.5) is 11.5 Å². The fourth-order valence-electron chi connectivity index (χ4n) is 3.97. The molecule has 0 saturated heterocycles. The molecule has 11 heteroatoms. The van der Waals surface area contributed by atoms with Crippen molar-refractivity contribution < 1.29 is 17.6 Å². The third-order valence-corrected chi connectivity index (χ3v) is 7.53. The number of halogens is 2. The summed E-state index contributed by atoms with van der Waals surface area (Å²) in [5.41, 5.74) is 3.63. The summed E-state index contributed by atoms with van der Waals surface area (Å²) in [6.45, 7) is 1.29. The van der Waals surface area contributed by atoms with Crippen LogP contribution in [0.15, 0.2) is 94.1 Å². The molecule has 2 N–H and O–H groups in total. The van der Waals surface area contributed by atoms with Gasteiger partial charge in [-0.05, 0) is 70.0 Å². The van der Waals surface area contributed by atoms with E-state index in [-0.39, 0.29) is 18.2 Å². The van der Waals surface area contributed by atoms with Gasteiger partial charge in [0.15, 0.2) is 0 Å². The van der Waals surface area contributed by atoms with Crippen molar-refractivity contribution >= 4 is 60.6 Å². The molecule has 0 aliphatic rings. The van der Waals surface area contributed by atoms with Crippen LogP contribution >= 0.6 is 28.3 Å². The Morgan fingerprint density at radius 3 is 2.58 bits per heavy atom. The number of nitrogens with zero attached hydrogens (tertiary/aromatic N) is 2. The molecular weight excluding hydrogens is 616 g/mol. The Bertz CT molecular complexity index is 1700. The second-order valence-corrected chi connectivity index (χ2v) is 12.2. The Balaban J connectivity index is 0.00000370. The number of sulfone groups is 1. The van der Waals surface area contributed by atoms with Crippen LogP contribution in [-0.4, -0.2) is 36.9 Å². The molecule has 2 aromatic heterocycles. The van der Waals surface area contributed by atoms with E-state index in [1.165, 1.54) is 12.6 Å². The average molecular weight is 644 g/mol. The first-order chi connectivity index (χ1) is 18.8. The minimum atomic E-state index is -3.00. The SMILES string of the molecule is CS(=O)(=O)CCNCc1ccc(-c2ccc3ncnc(Nc4ccc(OCc5ccccc5)c(Br)c4)c3c2)o1.Cl. The zero-order valence-corrected chi connectivity index (χ0v) is 24.9. The van der Waals surface area contributed by atoms with Crippen molar-refractivity contribution in [2.24, 2.45) is 0 Å². The fourth-order valence-corrected chi connectivity index (χ4v) is 4.98. The van der Waals surface area contributed by atoms with E-state index in [1.807, 2.05) is 78.9 Å². The van der Waals surface area contributed by atoms with Gasteiger partial charge < -0.3 is 19.8 Å². The van der Waals surface area contributed by atoms with Crippen LogP contribution in [-0.2, 0) is 23.0 Å². The van der Waals surface area contributed by atoms with Crippen molar-refractivity contribution in [2.45, 2.75) is 13.2 Å². The normalized spacial score (nSPS) is 11.2. The zero-order valence-electron chi connectivity index (χ0n) is 21.6. The molecule has 208 valence electrons. The third kappa shape index (κ3) is 7.82. The lowest BCUT2D eigenvalue weighted by Gasteiger charge is -2.12. The minimum Gasteiger partial charge on any atom is -0.488 e. The van der Waals surface area contributed by atoms with Crippen molar-refractivity contribution in [1.82, 2.24) is 15.3 Å². The predicted molar refractivity (Wildman–Crippen MR) is 164 cm³/mol. The molecule has 0 bridgehead atoms. The van der Waals surface area contributed by atoms with Gasteiger partial charge in [0.25, 0.3) is 0 Å². The first-order valence-corrected chi connectivity index (χ1v) is 15.1. The first-order valence-electron chi connectivity index (χ1n) is 12.3. The van der Waals surface area contributed by atoms with E-state index >= 15 is 0 Å². The van der Waals surface area contributed by atoms with Crippen LogP contribution in [0.25, 0.3) is 22.2 Å². The Hall–Kier alpha value is -3.44. The molecule has 0 aliphatic carbocycles. The number of anilines is 2. The van der Waals surface area contributed by atoms with Crippen LogP contribution in [0.3, 0.4) is 0 Å². The van der Waals surface area contributed by atoms with Gasteiger partial charge >= 0.3 is 0 Å². The van der Waals surface area contributed by atoms with Crippen LogP contribution in [0.5, 0.6) is 5.75 Å². The quantitative estimate of drug-likeness (QED) is 0.157. The van der Waals surface area contributed by atoms with Gasteiger partial charge in [-0.1, -0.05) is 30.3 Å². The average Bonchev–Trinajstić information content (AvgIpc) is 3.40. The van der Waals surface area contributed by atoms with Crippen molar-refractivity contribution in [1.29, 1.82) is 0 Å². The maximum atomic E-state index is 11.3. The number of furan rings is 1. The summed E-state index contributed by atoms with van der Waals surface area (Å²) in [6, 6.07) is 25.5. The summed E-state index contributed by atoms with van der Waals surface area (Å²) in [5, 5.41) is 7.34. The Morgan fingerprint density at radius 1 is 0.975 bits per heavy atom. The molecule has 0 amide bonds. The largest absolute Gasteiger partial charge is 0.488 e. The molecule has 0 unspecified atom stereocenters. The van der Waals surface area contributed by atoms with Gasteiger partial charge in [-0.2, -0.15) is 0 Å². The predicted octanol–water partition coefficient (Wildman–Crippen LogP) is 6.53. The second kappa shape index (κ2) is 13.3.